The average Bonchev–Trinajstić information content (AvgIpc) is 3.49. The van der Waals surface area contributed by atoms with Gasteiger partial charge in [-0.15, -0.1) is 0 Å². The van der Waals surface area contributed by atoms with Crippen molar-refractivity contribution in [2.45, 2.75) is 25.5 Å². The summed E-state index contributed by atoms with van der Waals surface area (Å²) in [6, 6.07) is 17.7. The Hall–Kier alpha value is -3.13. The van der Waals surface area contributed by atoms with Crippen molar-refractivity contribution in [3.05, 3.63) is 65.3 Å². The molecule has 176 valence electrons. The van der Waals surface area contributed by atoms with E-state index in [1.165, 1.54) is 0 Å². The molecule has 2 aromatic heterocycles. The highest BCUT2D eigenvalue weighted by atomic mass is 35.5. The van der Waals surface area contributed by atoms with Crippen LogP contribution in [0.3, 0.4) is 0 Å². The number of hydrogen-bond acceptors (Lipinski definition) is 6. The van der Waals surface area contributed by atoms with Crippen LogP contribution in [0.1, 0.15) is 18.5 Å². The third-order valence-electron chi connectivity index (χ3n) is 6.33. The lowest BCUT2D eigenvalue weighted by Gasteiger charge is -2.25. The van der Waals surface area contributed by atoms with Crippen LogP contribution >= 0.6 is 11.6 Å². The van der Waals surface area contributed by atoms with Crippen LogP contribution in [0.2, 0.25) is 5.02 Å². The Morgan fingerprint density at radius 2 is 1.79 bits per heavy atom. The fraction of sp³-hybridized carbons (Fsp3) is 0.308. The van der Waals surface area contributed by atoms with Gasteiger partial charge in [-0.1, -0.05) is 35.9 Å². The fourth-order valence-electron chi connectivity index (χ4n) is 4.64. The van der Waals surface area contributed by atoms with Gasteiger partial charge in [0.1, 0.15) is 11.6 Å². The van der Waals surface area contributed by atoms with Gasteiger partial charge in [0, 0.05) is 30.3 Å². The van der Waals surface area contributed by atoms with E-state index in [-0.39, 0.29) is 12.6 Å². The average molecular weight is 479 g/mol. The predicted octanol–water partition coefficient (Wildman–Crippen LogP) is 4.83. The van der Waals surface area contributed by atoms with Gasteiger partial charge in [0.25, 0.3) is 0 Å². The van der Waals surface area contributed by atoms with Gasteiger partial charge in [-0.2, -0.15) is 5.10 Å². The van der Waals surface area contributed by atoms with E-state index in [9.17, 15) is 5.11 Å². The van der Waals surface area contributed by atoms with Crippen LogP contribution in [0.15, 0.2) is 54.6 Å². The summed E-state index contributed by atoms with van der Waals surface area (Å²) in [5.41, 5.74) is 5.31. The van der Waals surface area contributed by atoms with Gasteiger partial charge in [-0.3, -0.25) is 0 Å². The number of aliphatic hydroxyl groups excluding tert-OH is 1. The summed E-state index contributed by atoms with van der Waals surface area (Å²) in [7, 11) is 3.32. The molecule has 8 heteroatoms. The third kappa shape index (κ3) is 4.11. The van der Waals surface area contributed by atoms with E-state index in [0.717, 1.165) is 64.7 Å². The minimum absolute atomic E-state index is 0.0545. The molecular formula is C26H27ClN4O3. The van der Waals surface area contributed by atoms with Gasteiger partial charge >= 0.3 is 0 Å². The molecule has 0 amide bonds. The normalized spacial score (nSPS) is 15.9. The van der Waals surface area contributed by atoms with Crippen molar-refractivity contribution in [2.75, 3.05) is 32.3 Å². The minimum Gasteiger partial charge on any atom is -0.497 e. The topological polar surface area (TPSA) is 72.1 Å². The molecule has 5 rings (SSSR count). The zero-order valence-electron chi connectivity index (χ0n) is 19.2. The van der Waals surface area contributed by atoms with Crippen LogP contribution in [0.4, 0.5) is 5.82 Å². The third-order valence-corrected chi connectivity index (χ3v) is 6.58. The Morgan fingerprint density at radius 1 is 1.06 bits per heavy atom. The van der Waals surface area contributed by atoms with Crippen LogP contribution in [0.5, 0.6) is 5.75 Å². The Labute approximate surface area is 203 Å². The van der Waals surface area contributed by atoms with Crippen LogP contribution < -0.4 is 9.64 Å². The molecule has 0 unspecified atom stereocenters. The summed E-state index contributed by atoms with van der Waals surface area (Å²) in [6.07, 6.45) is 1.97. The SMILES string of the molecule is COCc1nn2c(-c3ccc(Cl)cc3)cc(N3CCC[C@H]3CO)nc2c1-c1ccc(OC)cc1. The maximum absolute atomic E-state index is 9.95. The maximum Gasteiger partial charge on any atom is 0.166 e. The lowest BCUT2D eigenvalue weighted by Crippen LogP contribution is -2.32. The van der Waals surface area contributed by atoms with E-state index < -0.39 is 0 Å². The molecule has 0 saturated carbocycles. The first-order valence-electron chi connectivity index (χ1n) is 11.3. The van der Waals surface area contributed by atoms with E-state index >= 15 is 0 Å². The Kier molecular flexibility index (Phi) is 6.41. The number of methoxy groups -OCH3 is 2. The maximum atomic E-state index is 9.95. The van der Waals surface area contributed by atoms with Gasteiger partial charge in [0.05, 0.1) is 43.3 Å². The predicted molar refractivity (Wildman–Crippen MR) is 134 cm³/mol. The molecule has 1 N–H and O–H groups in total. The second-order valence-electron chi connectivity index (χ2n) is 8.40. The highest BCUT2D eigenvalue weighted by Crippen LogP contribution is 2.35. The van der Waals surface area contributed by atoms with Crippen molar-refractivity contribution in [3.63, 3.8) is 0 Å². The summed E-state index contributed by atoms with van der Waals surface area (Å²) in [5.74, 6) is 1.61. The van der Waals surface area contributed by atoms with E-state index in [1.807, 2.05) is 59.1 Å². The molecule has 1 fully saturated rings. The first-order valence-corrected chi connectivity index (χ1v) is 11.7. The van der Waals surface area contributed by atoms with Crippen molar-refractivity contribution in [2.24, 2.45) is 0 Å². The molecule has 0 spiro atoms. The second-order valence-corrected chi connectivity index (χ2v) is 8.83. The molecule has 2 aromatic carbocycles. The second kappa shape index (κ2) is 9.62. The van der Waals surface area contributed by atoms with E-state index in [2.05, 4.69) is 4.90 Å². The van der Waals surface area contributed by atoms with Gasteiger partial charge in [-0.05, 0) is 42.7 Å². The number of rotatable bonds is 7. The summed E-state index contributed by atoms with van der Waals surface area (Å²) in [4.78, 5) is 7.28. The van der Waals surface area contributed by atoms with Crippen molar-refractivity contribution in [1.82, 2.24) is 14.6 Å². The monoisotopic (exact) mass is 478 g/mol. The lowest BCUT2D eigenvalue weighted by atomic mass is 10.1. The molecule has 34 heavy (non-hydrogen) atoms. The number of aliphatic hydroxyl groups is 1. The summed E-state index contributed by atoms with van der Waals surface area (Å²) in [6.45, 7) is 1.30. The number of anilines is 1. The molecule has 1 atom stereocenters. The van der Waals surface area contributed by atoms with Crippen molar-refractivity contribution in [1.29, 1.82) is 0 Å². The van der Waals surface area contributed by atoms with E-state index in [1.54, 1.807) is 14.2 Å². The zero-order valence-corrected chi connectivity index (χ0v) is 20.0. The molecule has 1 aliphatic heterocycles. The van der Waals surface area contributed by atoms with E-state index in [4.69, 9.17) is 31.2 Å². The molecule has 1 saturated heterocycles. The van der Waals surface area contributed by atoms with Crippen LogP contribution in [-0.2, 0) is 11.3 Å². The number of benzene rings is 2. The Bertz CT molecular complexity index is 1290. The zero-order chi connectivity index (χ0) is 23.7. The lowest BCUT2D eigenvalue weighted by molar-refractivity contribution is 0.181. The highest BCUT2D eigenvalue weighted by Gasteiger charge is 2.27. The Morgan fingerprint density at radius 3 is 2.47 bits per heavy atom. The number of fused-ring (bicyclic) bond motifs is 1. The number of ether oxygens (including phenoxy) is 2. The van der Waals surface area contributed by atoms with E-state index in [0.29, 0.717) is 11.6 Å². The molecule has 7 nitrogen and oxygen atoms in total. The highest BCUT2D eigenvalue weighted by molar-refractivity contribution is 6.30. The van der Waals surface area contributed by atoms with Gasteiger partial charge in [0.2, 0.25) is 0 Å². The molecule has 0 aliphatic carbocycles. The summed E-state index contributed by atoms with van der Waals surface area (Å²) < 4.78 is 12.7. The Balaban J connectivity index is 1.78. The molecule has 0 radical (unpaired) electrons. The van der Waals surface area contributed by atoms with Crippen molar-refractivity contribution >= 4 is 23.1 Å². The molecule has 4 aromatic rings. The number of aromatic nitrogens is 3. The number of nitrogens with zero attached hydrogens (tertiary/aromatic N) is 4. The van der Waals surface area contributed by atoms with Crippen LogP contribution in [0, 0.1) is 0 Å². The molecule has 1 aliphatic rings. The minimum atomic E-state index is 0.0545. The summed E-state index contributed by atoms with van der Waals surface area (Å²) in [5, 5.41) is 15.6. The van der Waals surface area contributed by atoms with Crippen molar-refractivity contribution < 1.29 is 14.6 Å². The quantitative estimate of drug-likeness (QED) is 0.410. The first-order chi connectivity index (χ1) is 16.6. The number of halogens is 1. The fourth-order valence-corrected chi connectivity index (χ4v) is 4.77. The van der Waals surface area contributed by atoms with Crippen LogP contribution in [0.25, 0.3) is 28.0 Å². The summed E-state index contributed by atoms with van der Waals surface area (Å²) >= 11 is 6.17. The van der Waals surface area contributed by atoms with Crippen LogP contribution in [-0.4, -0.2) is 53.1 Å². The van der Waals surface area contributed by atoms with Crippen molar-refractivity contribution in [3.8, 4) is 28.1 Å². The first kappa shape index (κ1) is 22.7. The molecule has 3 heterocycles. The van der Waals surface area contributed by atoms with Gasteiger partial charge in [0.15, 0.2) is 5.65 Å². The largest absolute Gasteiger partial charge is 0.497 e. The molecular weight excluding hydrogens is 452 g/mol. The smallest absolute Gasteiger partial charge is 0.166 e. The van der Waals surface area contributed by atoms with Gasteiger partial charge in [-0.25, -0.2) is 9.50 Å². The number of hydrogen-bond donors (Lipinski definition) is 1. The standard InChI is InChI=1S/C26H27ClN4O3/c1-33-16-22-25(18-7-11-21(34-2)12-8-18)26-28-24(30-13-3-4-20(30)15-32)14-23(31(26)29-22)17-5-9-19(27)10-6-17/h5-12,14,20,32H,3-4,13,15-16H2,1-2H3/t20-/m0/s1. The van der Waals surface area contributed by atoms with Gasteiger partial charge < -0.3 is 19.5 Å². The molecule has 0 bridgehead atoms.